The molecule has 1 amide bonds. The van der Waals surface area contributed by atoms with Crippen molar-refractivity contribution in [1.82, 2.24) is 5.32 Å². The number of hydrogen-bond acceptors (Lipinski definition) is 4. The molecule has 2 rings (SSSR count). The largest absolute Gasteiger partial charge is 0.493 e. The molecule has 2 N–H and O–H groups in total. The number of aliphatic hydroxyl groups excluding tert-OH is 1. The molecule has 0 bridgehead atoms. The summed E-state index contributed by atoms with van der Waals surface area (Å²) in [5.74, 6) is 1.23. The van der Waals surface area contributed by atoms with Gasteiger partial charge >= 0.3 is 0 Å². The van der Waals surface area contributed by atoms with E-state index in [9.17, 15) is 9.90 Å². The number of nitrogens with one attached hydrogen (secondary N) is 1. The lowest BCUT2D eigenvalue weighted by Gasteiger charge is -2.25. The number of carbonyl (C=O) groups is 1. The van der Waals surface area contributed by atoms with Gasteiger partial charge in [0.1, 0.15) is 0 Å². The van der Waals surface area contributed by atoms with E-state index in [4.69, 9.17) is 9.47 Å². The highest BCUT2D eigenvalue weighted by molar-refractivity contribution is 5.92. The van der Waals surface area contributed by atoms with Crippen molar-refractivity contribution >= 4 is 12.0 Å². The Bertz CT molecular complexity index is 548. The monoisotopic (exact) mass is 319 g/mol. The minimum Gasteiger partial charge on any atom is -0.493 e. The van der Waals surface area contributed by atoms with Crippen LogP contribution >= 0.6 is 0 Å². The van der Waals surface area contributed by atoms with Crippen LogP contribution in [0.1, 0.15) is 38.2 Å². The Morgan fingerprint density at radius 3 is 2.70 bits per heavy atom. The second kappa shape index (κ2) is 8.58. The van der Waals surface area contributed by atoms with Crippen LogP contribution in [-0.2, 0) is 4.79 Å². The van der Waals surface area contributed by atoms with Crippen LogP contribution in [0.15, 0.2) is 24.3 Å². The number of rotatable bonds is 6. The predicted molar refractivity (Wildman–Crippen MR) is 89.6 cm³/mol. The zero-order chi connectivity index (χ0) is 16.7. The van der Waals surface area contributed by atoms with Gasteiger partial charge in [0.05, 0.1) is 19.8 Å². The molecule has 0 aliphatic heterocycles. The van der Waals surface area contributed by atoms with Gasteiger partial charge in [0.25, 0.3) is 0 Å². The maximum atomic E-state index is 12.0. The summed E-state index contributed by atoms with van der Waals surface area (Å²) in [4.78, 5) is 12.0. The second-order valence-electron chi connectivity index (χ2n) is 5.69. The Morgan fingerprint density at radius 2 is 2.04 bits per heavy atom. The molecule has 0 spiro atoms. The van der Waals surface area contributed by atoms with Crippen molar-refractivity contribution < 1.29 is 19.4 Å². The van der Waals surface area contributed by atoms with Gasteiger partial charge in [-0.25, -0.2) is 0 Å². The van der Waals surface area contributed by atoms with Gasteiger partial charge in [-0.1, -0.05) is 6.07 Å². The molecule has 1 aromatic rings. The summed E-state index contributed by atoms with van der Waals surface area (Å²) in [7, 11) is 1.59. The average molecular weight is 319 g/mol. The number of ether oxygens (including phenoxy) is 2. The van der Waals surface area contributed by atoms with Gasteiger partial charge in [-0.05, 0) is 56.4 Å². The number of methoxy groups -OCH3 is 1. The van der Waals surface area contributed by atoms with E-state index in [1.807, 2.05) is 25.1 Å². The lowest BCUT2D eigenvalue weighted by molar-refractivity contribution is -0.117. The van der Waals surface area contributed by atoms with Gasteiger partial charge in [0.2, 0.25) is 5.91 Å². The Kier molecular flexibility index (Phi) is 6.47. The van der Waals surface area contributed by atoms with Crippen LogP contribution in [0.25, 0.3) is 6.08 Å². The van der Waals surface area contributed by atoms with E-state index in [0.29, 0.717) is 18.1 Å². The Balaban J connectivity index is 1.92. The Morgan fingerprint density at radius 1 is 1.30 bits per heavy atom. The van der Waals surface area contributed by atoms with Gasteiger partial charge < -0.3 is 19.9 Å². The molecular formula is C18H25NO4. The topological polar surface area (TPSA) is 67.8 Å². The Hall–Kier alpha value is -2.01. The SMILES string of the molecule is CCOc1ccc(C=CC(=O)NC2CCC(O)CC2)cc1OC. The maximum absolute atomic E-state index is 12.0. The molecule has 5 nitrogen and oxygen atoms in total. The summed E-state index contributed by atoms with van der Waals surface area (Å²) in [6, 6.07) is 5.72. The summed E-state index contributed by atoms with van der Waals surface area (Å²) in [6.07, 6.45) is 6.24. The molecule has 0 saturated heterocycles. The van der Waals surface area contributed by atoms with Crippen LogP contribution < -0.4 is 14.8 Å². The first-order valence-electron chi connectivity index (χ1n) is 8.09. The van der Waals surface area contributed by atoms with Gasteiger partial charge in [0, 0.05) is 12.1 Å². The van der Waals surface area contributed by atoms with E-state index in [1.165, 1.54) is 6.08 Å². The molecule has 0 radical (unpaired) electrons. The normalized spacial score (nSPS) is 21.2. The van der Waals surface area contributed by atoms with Crippen molar-refractivity contribution in [2.24, 2.45) is 0 Å². The van der Waals surface area contributed by atoms with Crippen molar-refractivity contribution in [2.45, 2.75) is 44.8 Å². The summed E-state index contributed by atoms with van der Waals surface area (Å²) >= 11 is 0. The highest BCUT2D eigenvalue weighted by Crippen LogP contribution is 2.28. The summed E-state index contributed by atoms with van der Waals surface area (Å²) < 4.78 is 10.8. The molecule has 126 valence electrons. The van der Waals surface area contributed by atoms with E-state index in [0.717, 1.165) is 31.2 Å². The predicted octanol–water partition coefficient (Wildman–Crippen LogP) is 2.53. The van der Waals surface area contributed by atoms with Crippen LogP contribution in [0.5, 0.6) is 11.5 Å². The van der Waals surface area contributed by atoms with E-state index in [-0.39, 0.29) is 18.1 Å². The first kappa shape index (κ1) is 17.3. The number of carbonyl (C=O) groups excluding carboxylic acids is 1. The van der Waals surface area contributed by atoms with Gasteiger partial charge in [-0.2, -0.15) is 0 Å². The fraction of sp³-hybridized carbons (Fsp3) is 0.500. The van der Waals surface area contributed by atoms with Crippen molar-refractivity contribution in [2.75, 3.05) is 13.7 Å². The molecular weight excluding hydrogens is 294 g/mol. The van der Waals surface area contributed by atoms with Crippen molar-refractivity contribution in [3.8, 4) is 11.5 Å². The number of aliphatic hydroxyl groups is 1. The quantitative estimate of drug-likeness (QED) is 0.791. The average Bonchev–Trinajstić information content (AvgIpc) is 2.56. The minimum absolute atomic E-state index is 0.112. The Labute approximate surface area is 137 Å². The van der Waals surface area contributed by atoms with E-state index < -0.39 is 0 Å². The van der Waals surface area contributed by atoms with Crippen molar-refractivity contribution in [3.05, 3.63) is 29.8 Å². The van der Waals surface area contributed by atoms with Crippen LogP contribution in [0.3, 0.4) is 0 Å². The molecule has 0 aromatic heterocycles. The van der Waals surface area contributed by atoms with Gasteiger partial charge in [0.15, 0.2) is 11.5 Å². The summed E-state index contributed by atoms with van der Waals surface area (Å²) in [6.45, 7) is 2.49. The molecule has 5 heteroatoms. The zero-order valence-corrected chi connectivity index (χ0v) is 13.7. The molecule has 23 heavy (non-hydrogen) atoms. The molecule has 1 aliphatic carbocycles. The second-order valence-corrected chi connectivity index (χ2v) is 5.69. The number of benzene rings is 1. The van der Waals surface area contributed by atoms with E-state index in [1.54, 1.807) is 13.2 Å². The van der Waals surface area contributed by atoms with E-state index >= 15 is 0 Å². The van der Waals surface area contributed by atoms with Crippen LogP contribution in [0, 0.1) is 0 Å². The smallest absolute Gasteiger partial charge is 0.244 e. The molecule has 1 saturated carbocycles. The zero-order valence-electron chi connectivity index (χ0n) is 13.7. The highest BCUT2D eigenvalue weighted by atomic mass is 16.5. The standard InChI is InChI=1S/C18H25NO4/c1-3-23-16-10-4-13(12-17(16)22-2)5-11-18(21)19-14-6-8-15(20)9-7-14/h4-5,10-12,14-15,20H,3,6-9H2,1-2H3,(H,19,21). The van der Waals surface area contributed by atoms with Gasteiger partial charge in [-0.3, -0.25) is 4.79 Å². The lowest BCUT2D eigenvalue weighted by Crippen LogP contribution is -2.37. The molecule has 0 heterocycles. The molecule has 0 unspecified atom stereocenters. The van der Waals surface area contributed by atoms with Crippen LogP contribution in [0.2, 0.25) is 0 Å². The van der Waals surface area contributed by atoms with Crippen LogP contribution in [-0.4, -0.2) is 36.9 Å². The van der Waals surface area contributed by atoms with Crippen molar-refractivity contribution in [1.29, 1.82) is 0 Å². The first-order chi connectivity index (χ1) is 11.1. The van der Waals surface area contributed by atoms with Gasteiger partial charge in [-0.15, -0.1) is 0 Å². The summed E-state index contributed by atoms with van der Waals surface area (Å²) in [5, 5.41) is 12.5. The van der Waals surface area contributed by atoms with Crippen LogP contribution in [0.4, 0.5) is 0 Å². The van der Waals surface area contributed by atoms with Crippen molar-refractivity contribution in [3.63, 3.8) is 0 Å². The lowest BCUT2D eigenvalue weighted by atomic mass is 9.93. The minimum atomic E-state index is -0.213. The number of hydrogen-bond donors (Lipinski definition) is 2. The highest BCUT2D eigenvalue weighted by Gasteiger charge is 2.19. The molecule has 1 aromatic carbocycles. The summed E-state index contributed by atoms with van der Waals surface area (Å²) in [5.41, 5.74) is 0.875. The molecule has 1 fully saturated rings. The maximum Gasteiger partial charge on any atom is 0.244 e. The third-order valence-electron chi connectivity index (χ3n) is 3.96. The number of amides is 1. The fourth-order valence-electron chi connectivity index (χ4n) is 2.70. The molecule has 0 atom stereocenters. The first-order valence-corrected chi connectivity index (χ1v) is 8.09. The third kappa shape index (κ3) is 5.28. The molecule has 1 aliphatic rings. The fourth-order valence-corrected chi connectivity index (χ4v) is 2.70. The van der Waals surface area contributed by atoms with E-state index in [2.05, 4.69) is 5.32 Å². The third-order valence-corrected chi connectivity index (χ3v) is 3.96.